The molecule has 0 aromatic rings. The van der Waals surface area contributed by atoms with Crippen molar-refractivity contribution in [3.05, 3.63) is 12.2 Å². The van der Waals surface area contributed by atoms with Crippen LogP contribution in [0.25, 0.3) is 0 Å². The first kappa shape index (κ1) is 23.7. The van der Waals surface area contributed by atoms with Crippen molar-refractivity contribution >= 4 is 0 Å². The molecule has 2 aliphatic rings. The second kappa shape index (κ2) is 8.25. The molecular formula is C19H34O9. The zero-order chi connectivity index (χ0) is 21.5. The van der Waals surface area contributed by atoms with Gasteiger partial charge >= 0.3 is 0 Å². The smallest absolute Gasteiger partial charge is 0.187 e. The molecule has 0 unspecified atom stereocenters. The zero-order valence-corrected chi connectivity index (χ0v) is 16.8. The van der Waals surface area contributed by atoms with Crippen LogP contribution in [-0.2, 0) is 9.47 Å². The van der Waals surface area contributed by atoms with E-state index < -0.39 is 66.1 Å². The number of aliphatic hydroxyl groups is 7. The van der Waals surface area contributed by atoms with Crippen LogP contribution in [0.4, 0.5) is 0 Å². The van der Waals surface area contributed by atoms with Crippen molar-refractivity contribution in [2.45, 2.75) is 94.7 Å². The van der Waals surface area contributed by atoms with Gasteiger partial charge in [0.1, 0.15) is 30.0 Å². The minimum absolute atomic E-state index is 0.0131. The van der Waals surface area contributed by atoms with Gasteiger partial charge in [0.05, 0.1) is 24.4 Å². The second-order valence-electron chi connectivity index (χ2n) is 8.88. The van der Waals surface area contributed by atoms with E-state index in [0.29, 0.717) is 6.42 Å². The van der Waals surface area contributed by atoms with Gasteiger partial charge in [-0.3, -0.25) is 0 Å². The summed E-state index contributed by atoms with van der Waals surface area (Å²) in [6.45, 7) is 6.01. The SMILES string of the molecule is C[C@@H](/C=C/[C@]1(O)C(C)(C)C[C@H](O)C[C@@]1(C)O)O[C@H]1O[C@@H](CO)[C@@H](O)[C@@H](O)[C@H]1O. The van der Waals surface area contributed by atoms with Gasteiger partial charge in [-0.15, -0.1) is 0 Å². The molecule has 0 radical (unpaired) electrons. The van der Waals surface area contributed by atoms with Crippen LogP contribution in [0, 0.1) is 5.41 Å². The molecule has 0 amide bonds. The first-order valence-corrected chi connectivity index (χ1v) is 9.54. The van der Waals surface area contributed by atoms with Crippen molar-refractivity contribution in [3.63, 3.8) is 0 Å². The van der Waals surface area contributed by atoms with Crippen molar-refractivity contribution in [3.8, 4) is 0 Å². The summed E-state index contributed by atoms with van der Waals surface area (Å²) < 4.78 is 10.9. The standard InChI is InChI=1S/C19H34O9/c1-10(27-16-15(24)14(23)13(22)12(9-20)28-16)5-6-19(26)17(2,3)7-11(21)8-18(19,4)25/h5-6,10-16,20-26H,7-9H2,1-4H3/b6-5+/t10-,11-,12-,13+,14+,15+,16-,18+,19-/m0/s1. The summed E-state index contributed by atoms with van der Waals surface area (Å²) in [4.78, 5) is 0. The lowest BCUT2D eigenvalue weighted by atomic mass is 9.57. The topological polar surface area (TPSA) is 160 Å². The molecule has 2 rings (SSSR count). The second-order valence-corrected chi connectivity index (χ2v) is 8.88. The van der Waals surface area contributed by atoms with E-state index in [2.05, 4.69) is 0 Å². The normalized spacial score (nSPS) is 48.0. The van der Waals surface area contributed by atoms with Crippen LogP contribution in [0.1, 0.15) is 40.5 Å². The van der Waals surface area contributed by atoms with Gasteiger partial charge in [-0.2, -0.15) is 0 Å². The number of hydrogen-bond acceptors (Lipinski definition) is 9. The molecular weight excluding hydrogens is 372 g/mol. The lowest BCUT2D eigenvalue weighted by molar-refractivity contribution is -0.306. The highest BCUT2D eigenvalue weighted by molar-refractivity contribution is 5.21. The van der Waals surface area contributed by atoms with Gasteiger partial charge in [0.15, 0.2) is 6.29 Å². The van der Waals surface area contributed by atoms with E-state index in [9.17, 15) is 35.7 Å². The Bertz CT molecular complexity index is 542. The lowest BCUT2D eigenvalue weighted by Gasteiger charge is -2.55. The quantitative estimate of drug-likeness (QED) is 0.267. The van der Waals surface area contributed by atoms with Crippen molar-refractivity contribution in [2.75, 3.05) is 6.61 Å². The van der Waals surface area contributed by atoms with E-state index in [4.69, 9.17) is 9.47 Å². The molecule has 1 saturated carbocycles. The number of hydrogen-bond donors (Lipinski definition) is 7. The highest BCUT2D eigenvalue weighted by Crippen LogP contribution is 2.50. The Labute approximate surface area is 164 Å². The molecule has 9 atom stereocenters. The average Bonchev–Trinajstić information content (AvgIpc) is 2.57. The Hall–Kier alpha value is -0.620. The molecule has 2 fully saturated rings. The van der Waals surface area contributed by atoms with Gasteiger partial charge in [0.2, 0.25) is 0 Å². The summed E-state index contributed by atoms with van der Waals surface area (Å²) in [5, 5.41) is 70.9. The van der Waals surface area contributed by atoms with E-state index >= 15 is 0 Å². The van der Waals surface area contributed by atoms with E-state index in [0.717, 1.165) is 0 Å². The number of rotatable bonds is 5. The van der Waals surface area contributed by atoms with Gasteiger partial charge in [-0.1, -0.05) is 26.0 Å². The molecule has 1 saturated heterocycles. The molecule has 1 heterocycles. The minimum Gasteiger partial charge on any atom is -0.394 e. The number of aliphatic hydroxyl groups excluding tert-OH is 5. The Morgan fingerprint density at radius 2 is 1.64 bits per heavy atom. The monoisotopic (exact) mass is 406 g/mol. The first-order chi connectivity index (χ1) is 12.8. The Morgan fingerprint density at radius 3 is 2.18 bits per heavy atom. The van der Waals surface area contributed by atoms with E-state index in [1.165, 1.54) is 19.1 Å². The average molecular weight is 406 g/mol. The van der Waals surface area contributed by atoms with Crippen molar-refractivity contribution in [1.82, 2.24) is 0 Å². The molecule has 1 aliphatic carbocycles. The molecule has 0 bridgehead atoms. The van der Waals surface area contributed by atoms with Crippen LogP contribution in [0.3, 0.4) is 0 Å². The molecule has 0 spiro atoms. The fourth-order valence-corrected chi connectivity index (χ4v) is 4.28. The largest absolute Gasteiger partial charge is 0.394 e. The van der Waals surface area contributed by atoms with Crippen LogP contribution < -0.4 is 0 Å². The Kier molecular flexibility index (Phi) is 6.97. The van der Waals surface area contributed by atoms with Crippen LogP contribution in [0.5, 0.6) is 0 Å². The van der Waals surface area contributed by atoms with Gasteiger partial charge in [-0.05, 0) is 20.3 Å². The molecule has 164 valence electrons. The van der Waals surface area contributed by atoms with Crippen LogP contribution in [0.2, 0.25) is 0 Å². The molecule has 7 N–H and O–H groups in total. The predicted octanol–water partition coefficient (Wildman–Crippen LogP) is -1.59. The lowest BCUT2D eigenvalue weighted by Crippen LogP contribution is -2.65. The maximum atomic E-state index is 11.2. The van der Waals surface area contributed by atoms with Gasteiger partial charge in [0, 0.05) is 11.8 Å². The van der Waals surface area contributed by atoms with E-state index in [1.807, 2.05) is 0 Å². The molecule has 9 nitrogen and oxygen atoms in total. The third-order valence-electron chi connectivity index (χ3n) is 6.04. The highest BCUT2D eigenvalue weighted by Gasteiger charge is 2.58. The summed E-state index contributed by atoms with van der Waals surface area (Å²) in [5.41, 5.74) is -4.05. The fourth-order valence-electron chi connectivity index (χ4n) is 4.28. The predicted molar refractivity (Wildman–Crippen MR) is 98.0 cm³/mol. The first-order valence-electron chi connectivity index (χ1n) is 9.54. The maximum Gasteiger partial charge on any atom is 0.187 e. The summed E-state index contributed by atoms with van der Waals surface area (Å²) >= 11 is 0. The highest BCUT2D eigenvalue weighted by atomic mass is 16.7. The zero-order valence-electron chi connectivity index (χ0n) is 16.8. The number of ether oxygens (including phenoxy) is 2. The van der Waals surface area contributed by atoms with Crippen molar-refractivity contribution in [1.29, 1.82) is 0 Å². The molecule has 0 aromatic carbocycles. The molecule has 9 heteroatoms. The van der Waals surface area contributed by atoms with E-state index in [-0.39, 0.29) is 6.42 Å². The third-order valence-corrected chi connectivity index (χ3v) is 6.04. The van der Waals surface area contributed by atoms with Crippen molar-refractivity contribution < 1.29 is 45.2 Å². The van der Waals surface area contributed by atoms with Crippen molar-refractivity contribution in [2.24, 2.45) is 5.41 Å². The summed E-state index contributed by atoms with van der Waals surface area (Å²) in [6.07, 6.45) is -5.14. The summed E-state index contributed by atoms with van der Waals surface area (Å²) in [7, 11) is 0. The molecule has 28 heavy (non-hydrogen) atoms. The van der Waals surface area contributed by atoms with Crippen LogP contribution in [0.15, 0.2) is 12.2 Å². The van der Waals surface area contributed by atoms with Gasteiger partial charge in [-0.25, -0.2) is 0 Å². The molecule has 0 aromatic heterocycles. The third kappa shape index (κ3) is 4.28. The summed E-state index contributed by atoms with van der Waals surface area (Å²) in [5.74, 6) is 0. The Morgan fingerprint density at radius 1 is 1.04 bits per heavy atom. The van der Waals surface area contributed by atoms with Crippen LogP contribution in [-0.4, -0.2) is 96.5 Å². The maximum absolute atomic E-state index is 11.2. The van der Waals surface area contributed by atoms with Gasteiger partial charge in [0.25, 0.3) is 0 Å². The molecule has 1 aliphatic heterocycles. The Balaban J connectivity index is 2.13. The van der Waals surface area contributed by atoms with Gasteiger partial charge < -0.3 is 45.2 Å². The minimum atomic E-state index is -1.65. The fraction of sp³-hybridized carbons (Fsp3) is 0.895. The van der Waals surface area contributed by atoms with Crippen LogP contribution >= 0.6 is 0 Å². The summed E-state index contributed by atoms with van der Waals surface area (Å²) in [6, 6.07) is 0. The van der Waals surface area contributed by atoms with E-state index in [1.54, 1.807) is 20.8 Å².